The summed E-state index contributed by atoms with van der Waals surface area (Å²) in [4.78, 5) is 35.5. The summed E-state index contributed by atoms with van der Waals surface area (Å²) in [6.45, 7) is 8.00. The van der Waals surface area contributed by atoms with Crippen LogP contribution in [0, 0.1) is 10.8 Å². The van der Waals surface area contributed by atoms with Crippen LogP contribution in [0.15, 0.2) is 148 Å². The molecular weight excluding hydrogens is 1150 g/mol. The third-order valence-corrected chi connectivity index (χ3v) is 19.4. The molecule has 0 N–H and O–H groups in total. The molecule has 11 rings (SSSR count). The van der Waals surface area contributed by atoms with Crippen LogP contribution in [0.25, 0.3) is 22.6 Å². The SMILES string of the molecule is CC1(COc2c(N3CCN(S(=O)(=O)Cc4cccc(-c5ccccn5)c4)CC3)cnn(-c3cccc(Cl)c3)c2=O)CC1.CC1(COc2c(N3CCN(S(=O)(=O)Cc4cccc(Br)c4)CC3)cnn(-c3cccc(Cl)c3)c2=O)CC1. The number of aromatic nitrogens is 5. The zero-order chi connectivity index (χ0) is 55.5. The predicted octanol–water partition coefficient (Wildman–Crippen LogP) is 9.26. The standard InChI is InChI=1S/C31H32ClN5O4S.C26H28BrClN4O4S/c1-31(11-12-31)22-41-29-28(20-34-37(30(29)38)26-9-5-8-25(32)19-26)35-14-16-36(17-15-35)42(39,40)21-23-6-4-7-24(18-23)27-10-2-3-13-33-27;1-26(8-9-26)18-36-24-23(16-29-32(25(24)33)22-7-3-6-21(28)15-22)30-10-12-31(13-11-30)37(34,35)17-19-4-2-5-20(27)14-19/h2-10,13,18-20H,11-12,14-17,21-22H2,1H3;2-7,14-16H,8-13,17-18H2,1H3. The van der Waals surface area contributed by atoms with Crippen LogP contribution in [0.5, 0.6) is 11.5 Å². The second kappa shape index (κ2) is 23.5. The van der Waals surface area contributed by atoms with Crippen molar-refractivity contribution < 1.29 is 26.3 Å². The molecule has 4 fully saturated rings. The van der Waals surface area contributed by atoms with Gasteiger partial charge in [-0.15, -0.1) is 0 Å². The van der Waals surface area contributed by atoms with Crippen LogP contribution in [0.4, 0.5) is 11.4 Å². The van der Waals surface area contributed by atoms with Gasteiger partial charge in [0.2, 0.25) is 31.5 Å². The highest BCUT2D eigenvalue weighted by Crippen LogP contribution is 2.46. The van der Waals surface area contributed by atoms with Gasteiger partial charge in [0.1, 0.15) is 11.4 Å². The zero-order valence-electron chi connectivity index (χ0n) is 43.8. The summed E-state index contributed by atoms with van der Waals surface area (Å²) in [5.41, 5.74) is 4.76. The van der Waals surface area contributed by atoms with E-state index in [0.29, 0.717) is 90.8 Å². The van der Waals surface area contributed by atoms with Crippen molar-refractivity contribution in [2.75, 3.05) is 75.4 Å². The predicted molar refractivity (Wildman–Crippen MR) is 312 cm³/mol. The van der Waals surface area contributed by atoms with Gasteiger partial charge in [-0.25, -0.2) is 16.8 Å². The highest BCUT2D eigenvalue weighted by Gasteiger charge is 2.40. The molecule has 5 heterocycles. The maximum Gasteiger partial charge on any atom is 0.316 e. The number of pyridine rings is 1. The minimum Gasteiger partial charge on any atom is -0.486 e. The van der Waals surface area contributed by atoms with E-state index in [-0.39, 0.29) is 58.0 Å². The lowest BCUT2D eigenvalue weighted by Gasteiger charge is -2.35. The summed E-state index contributed by atoms with van der Waals surface area (Å²) >= 11 is 15.7. The second-order valence-electron chi connectivity index (χ2n) is 21.1. The maximum absolute atomic E-state index is 13.6. The van der Waals surface area contributed by atoms with Gasteiger partial charge in [0, 0.05) is 89.5 Å². The van der Waals surface area contributed by atoms with Gasteiger partial charge in [-0.1, -0.05) is 102 Å². The highest BCUT2D eigenvalue weighted by molar-refractivity contribution is 9.10. The van der Waals surface area contributed by atoms with Gasteiger partial charge in [-0.3, -0.25) is 14.6 Å². The fraction of sp³-hybridized carbons (Fsp3) is 0.351. The molecule has 79 heavy (non-hydrogen) atoms. The average molecular weight is 1210 g/mol. The van der Waals surface area contributed by atoms with Gasteiger partial charge in [-0.05, 0) is 104 Å². The molecule has 0 bridgehead atoms. The van der Waals surface area contributed by atoms with E-state index < -0.39 is 20.0 Å². The number of nitrogens with zero attached hydrogens (tertiary/aromatic N) is 9. The first kappa shape index (κ1) is 56.2. The molecule has 0 atom stereocenters. The number of rotatable bonds is 17. The highest BCUT2D eigenvalue weighted by atomic mass is 79.9. The Balaban J connectivity index is 0.000000180. The number of benzene rings is 4. The van der Waals surface area contributed by atoms with Crippen LogP contribution in [-0.2, 0) is 31.6 Å². The second-order valence-corrected chi connectivity index (χ2v) is 26.9. The molecule has 7 aromatic rings. The van der Waals surface area contributed by atoms with Crippen molar-refractivity contribution in [3.05, 3.63) is 180 Å². The van der Waals surface area contributed by atoms with Crippen molar-refractivity contribution in [1.82, 2.24) is 33.2 Å². The summed E-state index contributed by atoms with van der Waals surface area (Å²) in [5.74, 6) is 0.295. The van der Waals surface area contributed by atoms with Gasteiger partial charge in [0.15, 0.2) is 0 Å². The monoisotopic (exact) mass is 1210 g/mol. The molecule has 2 saturated heterocycles. The van der Waals surface area contributed by atoms with Crippen LogP contribution in [-0.4, -0.2) is 116 Å². The molecule has 2 aliphatic heterocycles. The Morgan fingerprint density at radius 1 is 0.557 bits per heavy atom. The van der Waals surface area contributed by atoms with E-state index in [0.717, 1.165) is 47.0 Å². The summed E-state index contributed by atoms with van der Waals surface area (Å²) < 4.78 is 71.7. The number of hydrogen-bond donors (Lipinski definition) is 0. The fourth-order valence-corrected chi connectivity index (χ4v) is 13.2. The van der Waals surface area contributed by atoms with Crippen molar-refractivity contribution in [2.45, 2.75) is 51.0 Å². The minimum atomic E-state index is -3.57. The van der Waals surface area contributed by atoms with Crippen molar-refractivity contribution in [2.24, 2.45) is 10.8 Å². The molecule has 22 heteroatoms. The van der Waals surface area contributed by atoms with E-state index in [2.05, 4.69) is 45.0 Å². The lowest BCUT2D eigenvalue weighted by Crippen LogP contribution is -2.49. The van der Waals surface area contributed by atoms with Crippen LogP contribution in [0.1, 0.15) is 50.7 Å². The van der Waals surface area contributed by atoms with Gasteiger partial charge in [-0.2, -0.15) is 28.2 Å². The molecule has 17 nitrogen and oxygen atoms in total. The molecule has 4 aliphatic rings. The Hall–Kier alpha value is -6.13. The number of ether oxygens (including phenoxy) is 2. The fourth-order valence-electron chi connectivity index (χ4n) is 9.37. The van der Waals surface area contributed by atoms with Crippen LogP contribution in [0.2, 0.25) is 10.0 Å². The van der Waals surface area contributed by atoms with Crippen molar-refractivity contribution >= 4 is 70.6 Å². The van der Waals surface area contributed by atoms with Gasteiger partial charge in [0.25, 0.3) is 0 Å². The molecule has 4 aromatic carbocycles. The smallest absolute Gasteiger partial charge is 0.316 e. The van der Waals surface area contributed by atoms with E-state index in [1.54, 1.807) is 67.1 Å². The first-order valence-corrected chi connectivity index (χ1v) is 30.8. The Labute approximate surface area is 478 Å². The zero-order valence-corrected chi connectivity index (χ0v) is 48.5. The Bertz CT molecular complexity index is 3700. The molecule has 0 amide bonds. The van der Waals surface area contributed by atoms with Crippen molar-refractivity contribution in [3.8, 4) is 34.1 Å². The molecule has 2 aliphatic carbocycles. The lowest BCUT2D eigenvalue weighted by molar-refractivity contribution is 0.242. The first-order chi connectivity index (χ1) is 37.8. The Kier molecular flexibility index (Phi) is 16.7. The van der Waals surface area contributed by atoms with Crippen LogP contribution >= 0.6 is 39.1 Å². The van der Waals surface area contributed by atoms with E-state index in [9.17, 15) is 26.4 Å². The number of sulfonamides is 2. The molecular formula is C57H60BrCl2N9O8S2. The number of halogens is 3. The van der Waals surface area contributed by atoms with E-state index >= 15 is 0 Å². The largest absolute Gasteiger partial charge is 0.486 e. The number of piperazine rings is 2. The molecule has 3 aromatic heterocycles. The molecule has 0 spiro atoms. The summed E-state index contributed by atoms with van der Waals surface area (Å²) in [6.07, 6.45) is 9.19. The third-order valence-electron chi connectivity index (χ3n) is 14.7. The molecule has 2 saturated carbocycles. The van der Waals surface area contributed by atoms with Crippen LogP contribution < -0.4 is 30.4 Å². The average Bonchev–Trinajstić information content (AvgIpc) is 4.40. The van der Waals surface area contributed by atoms with E-state index in [1.165, 1.54) is 18.0 Å². The Morgan fingerprint density at radius 3 is 1.44 bits per heavy atom. The van der Waals surface area contributed by atoms with Crippen LogP contribution in [0.3, 0.4) is 0 Å². The minimum absolute atomic E-state index is 0.0589. The maximum atomic E-state index is 13.6. The summed E-state index contributed by atoms with van der Waals surface area (Å²) in [5, 5.41) is 9.84. The first-order valence-electron chi connectivity index (χ1n) is 26.1. The summed E-state index contributed by atoms with van der Waals surface area (Å²) in [6, 6.07) is 34.3. The number of anilines is 2. The molecule has 0 unspecified atom stereocenters. The quantitative estimate of drug-likeness (QED) is 0.0842. The normalized spacial score (nSPS) is 17.1. The lowest BCUT2D eigenvalue weighted by atomic mass is 10.1. The van der Waals surface area contributed by atoms with Gasteiger partial charge < -0.3 is 19.3 Å². The van der Waals surface area contributed by atoms with Gasteiger partial charge in [0.05, 0.1) is 54.2 Å². The topological polar surface area (TPSA) is 182 Å². The number of hydrogen-bond acceptors (Lipinski definition) is 13. The van der Waals surface area contributed by atoms with E-state index in [1.807, 2.05) is 76.5 Å². The van der Waals surface area contributed by atoms with E-state index in [4.69, 9.17) is 32.7 Å². The Morgan fingerprint density at radius 2 is 1.01 bits per heavy atom. The van der Waals surface area contributed by atoms with Gasteiger partial charge >= 0.3 is 11.1 Å². The van der Waals surface area contributed by atoms with Crippen molar-refractivity contribution in [3.63, 3.8) is 0 Å². The van der Waals surface area contributed by atoms with Crippen molar-refractivity contribution in [1.29, 1.82) is 0 Å². The molecule has 0 radical (unpaired) electrons. The molecule has 414 valence electrons. The third kappa shape index (κ3) is 13.7. The summed E-state index contributed by atoms with van der Waals surface area (Å²) in [7, 11) is -7.05.